The fraction of sp³-hybridized carbons (Fsp3) is 0.822. The van der Waals surface area contributed by atoms with Gasteiger partial charge in [0, 0.05) is 61.5 Å². The van der Waals surface area contributed by atoms with Crippen LogP contribution in [-0.4, -0.2) is 114 Å². The number of carboxylic acids is 1. The van der Waals surface area contributed by atoms with Gasteiger partial charge >= 0.3 is 29.8 Å². The SMILES string of the molecule is CCCCC(CC)OCC(=O)CCCCCOC(=O)CCCOC(=O)C(C)CSCCC(=O)CC(=O)CCSCC(C)C(=O)OCCCCCC(=O)OCCCCCC(=O)O. The number of rotatable bonds is 43. The zero-order valence-corrected chi connectivity index (χ0v) is 39.1. The van der Waals surface area contributed by atoms with Crippen molar-refractivity contribution >= 4 is 70.7 Å². The van der Waals surface area contributed by atoms with Gasteiger partial charge in [-0.25, -0.2) is 0 Å². The van der Waals surface area contributed by atoms with E-state index in [0.29, 0.717) is 87.4 Å². The highest BCUT2D eigenvalue weighted by molar-refractivity contribution is 7.99. The fourth-order valence-corrected chi connectivity index (χ4v) is 7.67. The van der Waals surface area contributed by atoms with Crippen LogP contribution in [0.4, 0.5) is 0 Å². The number of hydrogen-bond acceptors (Lipinski definition) is 15. The minimum Gasteiger partial charge on any atom is -0.481 e. The number of carboxylic acid groups (broad SMARTS) is 1. The van der Waals surface area contributed by atoms with Gasteiger partial charge in [-0.3, -0.25) is 38.4 Å². The Morgan fingerprint density at radius 3 is 1.46 bits per heavy atom. The van der Waals surface area contributed by atoms with Crippen LogP contribution < -0.4 is 0 Å². The maximum absolute atomic E-state index is 12.3. The highest BCUT2D eigenvalue weighted by atomic mass is 32.2. The normalized spacial score (nSPS) is 12.5. The number of thioether (sulfide) groups is 2. The number of aliphatic carboxylic acids is 1. The van der Waals surface area contributed by atoms with Gasteiger partial charge in [0.2, 0.25) is 0 Å². The minimum atomic E-state index is -0.829. The van der Waals surface area contributed by atoms with E-state index in [9.17, 15) is 38.4 Å². The highest BCUT2D eigenvalue weighted by Crippen LogP contribution is 2.16. The molecule has 0 aromatic rings. The lowest BCUT2D eigenvalue weighted by atomic mass is 10.1. The molecule has 0 aliphatic rings. The second kappa shape index (κ2) is 39.8. The predicted octanol–water partition coefficient (Wildman–Crippen LogP) is 8.31. The summed E-state index contributed by atoms with van der Waals surface area (Å²) in [5.41, 5.74) is 0. The Bertz CT molecular complexity index is 1260. The lowest BCUT2D eigenvalue weighted by Crippen LogP contribution is -2.18. The molecule has 0 saturated heterocycles. The zero-order valence-electron chi connectivity index (χ0n) is 37.5. The molecule has 0 aromatic carbocycles. The van der Waals surface area contributed by atoms with E-state index in [0.717, 1.165) is 38.5 Å². The summed E-state index contributed by atoms with van der Waals surface area (Å²) in [5.74, 6) is -1.14. The van der Waals surface area contributed by atoms with Gasteiger partial charge in [0.25, 0.3) is 0 Å². The summed E-state index contributed by atoms with van der Waals surface area (Å²) in [6, 6.07) is 0. The first-order valence-corrected chi connectivity index (χ1v) is 24.8. The molecule has 352 valence electrons. The van der Waals surface area contributed by atoms with Crippen LogP contribution in [0.3, 0.4) is 0 Å². The van der Waals surface area contributed by atoms with E-state index in [-0.39, 0.29) is 124 Å². The number of unbranched alkanes of at least 4 members (excludes halogenated alkanes) is 7. The Balaban J connectivity index is 3.80. The third kappa shape index (κ3) is 37.3. The topological polar surface area (TPSA) is 203 Å². The molecular formula is C45H76O14S2. The summed E-state index contributed by atoms with van der Waals surface area (Å²) < 4.78 is 26.7. The average molecular weight is 905 g/mol. The highest BCUT2D eigenvalue weighted by Gasteiger charge is 2.18. The van der Waals surface area contributed by atoms with Gasteiger partial charge in [0.1, 0.15) is 18.2 Å². The molecular weight excluding hydrogens is 829 g/mol. The summed E-state index contributed by atoms with van der Waals surface area (Å²) in [7, 11) is 0. The molecule has 0 aromatic heterocycles. The summed E-state index contributed by atoms with van der Waals surface area (Å²) >= 11 is 2.90. The van der Waals surface area contributed by atoms with Gasteiger partial charge in [0.05, 0.1) is 50.8 Å². The first-order chi connectivity index (χ1) is 29.3. The van der Waals surface area contributed by atoms with E-state index < -0.39 is 5.97 Å². The van der Waals surface area contributed by atoms with E-state index in [1.807, 2.05) is 0 Å². The summed E-state index contributed by atoms with van der Waals surface area (Å²) in [5, 5.41) is 8.61. The second-order valence-electron chi connectivity index (χ2n) is 15.4. The molecule has 1 N–H and O–H groups in total. The molecule has 0 amide bonds. The summed E-state index contributed by atoms with van der Waals surface area (Å²) in [6.07, 6.45) is 12.0. The van der Waals surface area contributed by atoms with Gasteiger partial charge < -0.3 is 28.8 Å². The number of esters is 4. The molecule has 14 nitrogen and oxygen atoms in total. The lowest BCUT2D eigenvalue weighted by molar-refractivity contribution is -0.149. The van der Waals surface area contributed by atoms with Gasteiger partial charge in [-0.15, -0.1) is 0 Å². The number of ether oxygens (including phenoxy) is 5. The van der Waals surface area contributed by atoms with Crippen molar-refractivity contribution in [3.8, 4) is 0 Å². The Morgan fingerprint density at radius 2 is 0.967 bits per heavy atom. The number of carbonyl (C=O) groups excluding carboxylic acids is 7. The van der Waals surface area contributed by atoms with Crippen molar-refractivity contribution < 1.29 is 67.1 Å². The van der Waals surface area contributed by atoms with Crippen molar-refractivity contribution in [3.05, 3.63) is 0 Å². The van der Waals surface area contributed by atoms with Gasteiger partial charge in [-0.1, -0.05) is 40.5 Å². The van der Waals surface area contributed by atoms with Crippen molar-refractivity contribution in [2.45, 2.75) is 169 Å². The van der Waals surface area contributed by atoms with Crippen LogP contribution in [0.15, 0.2) is 0 Å². The van der Waals surface area contributed by atoms with Gasteiger partial charge in [0.15, 0.2) is 5.78 Å². The summed E-state index contributed by atoms with van der Waals surface area (Å²) in [4.78, 5) is 95.5. The van der Waals surface area contributed by atoms with Crippen LogP contribution in [0.2, 0.25) is 0 Å². The molecule has 16 heteroatoms. The van der Waals surface area contributed by atoms with Crippen molar-refractivity contribution in [2.24, 2.45) is 11.8 Å². The molecule has 0 aliphatic heterocycles. The molecule has 0 fully saturated rings. The van der Waals surface area contributed by atoms with E-state index in [4.69, 9.17) is 28.8 Å². The number of carbonyl (C=O) groups is 8. The van der Waals surface area contributed by atoms with E-state index in [1.54, 1.807) is 13.8 Å². The average Bonchev–Trinajstić information content (AvgIpc) is 3.22. The third-order valence-electron chi connectivity index (χ3n) is 9.50. The molecule has 0 rings (SSSR count). The van der Waals surface area contributed by atoms with E-state index in [2.05, 4.69) is 13.8 Å². The van der Waals surface area contributed by atoms with Crippen molar-refractivity contribution in [2.75, 3.05) is 56.0 Å². The maximum atomic E-state index is 12.3. The van der Waals surface area contributed by atoms with Gasteiger partial charge in [-0.2, -0.15) is 23.5 Å². The molecule has 0 bridgehead atoms. The number of Topliss-reactive ketones (excluding diaryl/α,β-unsaturated/α-hetero) is 3. The Morgan fingerprint density at radius 1 is 0.508 bits per heavy atom. The zero-order chi connectivity index (χ0) is 45.5. The molecule has 0 heterocycles. The standard InChI is InChI=1S/C45H76O14S2/c1-5-7-19-40(6-2)59-32-39(48)18-11-8-14-25-56-43(52)22-17-28-58-45(54)36(4)34-61-30-24-38(47)31-37(46)23-29-60-33-35(3)44(53)57-27-16-10-13-21-42(51)55-26-15-9-12-20-41(49)50/h35-36,40H,5-34H2,1-4H3,(H,49,50). The summed E-state index contributed by atoms with van der Waals surface area (Å²) in [6.45, 7) is 8.83. The quantitative estimate of drug-likeness (QED) is 0.0265. The van der Waals surface area contributed by atoms with Crippen molar-refractivity contribution in [1.29, 1.82) is 0 Å². The molecule has 0 spiro atoms. The van der Waals surface area contributed by atoms with Crippen LogP contribution in [0.25, 0.3) is 0 Å². The smallest absolute Gasteiger partial charge is 0.309 e. The molecule has 0 aliphatic carbocycles. The van der Waals surface area contributed by atoms with E-state index in [1.165, 1.54) is 23.5 Å². The third-order valence-corrected chi connectivity index (χ3v) is 12.0. The van der Waals surface area contributed by atoms with Gasteiger partial charge in [-0.05, 0) is 77.0 Å². The van der Waals surface area contributed by atoms with E-state index >= 15 is 0 Å². The molecule has 3 atom stereocenters. The fourth-order valence-electron chi connectivity index (χ4n) is 5.61. The van der Waals surface area contributed by atoms with Crippen molar-refractivity contribution in [1.82, 2.24) is 0 Å². The number of hydrogen-bond donors (Lipinski definition) is 1. The van der Waals surface area contributed by atoms with Crippen molar-refractivity contribution in [3.63, 3.8) is 0 Å². The monoisotopic (exact) mass is 904 g/mol. The van der Waals surface area contributed by atoms with Crippen LogP contribution >= 0.6 is 23.5 Å². The Hall–Kier alpha value is -2.98. The second-order valence-corrected chi connectivity index (χ2v) is 17.7. The first-order valence-electron chi connectivity index (χ1n) is 22.5. The molecule has 3 unspecified atom stereocenters. The first kappa shape index (κ1) is 58.0. The van der Waals surface area contributed by atoms with Crippen LogP contribution in [0.1, 0.15) is 163 Å². The van der Waals surface area contributed by atoms with Crippen LogP contribution in [-0.2, 0) is 62.0 Å². The van der Waals surface area contributed by atoms with Crippen LogP contribution in [0.5, 0.6) is 0 Å². The molecule has 0 saturated carbocycles. The maximum Gasteiger partial charge on any atom is 0.309 e. The minimum absolute atomic E-state index is 0.102. The number of ketones is 3. The molecule has 0 radical (unpaired) electrons. The predicted molar refractivity (Wildman–Crippen MR) is 238 cm³/mol. The van der Waals surface area contributed by atoms with Crippen LogP contribution in [0, 0.1) is 11.8 Å². The largest absolute Gasteiger partial charge is 0.481 e. The Kier molecular flexibility index (Phi) is 37.9. The molecule has 61 heavy (non-hydrogen) atoms. The lowest BCUT2D eigenvalue weighted by Gasteiger charge is -2.15. The Labute approximate surface area is 373 Å².